The molecule has 29 heavy (non-hydrogen) atoms. The first kappa shape index (κ1) is 20.0. The summed E-state index contributed by atoms with van der Waals surface area (Å²) in [5.41, 5.74) is 1.55. The number of hydrogen-bond donors (Lipinski definition) is 1. The van der Waals surface area contributed by atoms with Crippen molar-refractivity contribution in [3.05, 3.63) is 80.1 Å². The van der Waals surface area contributed by atoms with Crippen LogP contribution >= 0.6 is 46.3 Å². The van der Waals surface area contributed by atoms with Gasteiger partial charge in [-0.2, -0.15) is 0 Å². The number of nitrogens with one attached hydrogen (secondary N) is 1. The van der Waals surface area contributed by atoms with Crippen LogP contribution in [0.1, 0.15) is 11.1 Å². The Morgan fingerprint density at radius 1 is 1.21 bits per heavy atom. The minimum atomic E-state index is -0.273. The number of thiazole rings is 1. The Hall–Kier alpha value is -2.32. The number of hydrogen-bond acceptors (Lipinski definition) is 6. The smallest absolute Gasteiger partial charge is 0.273 e. The van der Waals surface area contributed by atoms with E-state index in [1.165, 1.54) is 16.2 Å². The van der Waals surface area contributed by atoms with E-state index in [9.17, 15) is 4.79 Å². The molecule has 1 aliphatic heterocycles. The first-order chi connectivity index (χ1) is 14.0. The van der Waals surface area contributed by atoms with Crippen molar-refractivity contribution in [1.82, 2.24) is 4.98 Å². The quantitative estimate of drug-likeness (QED) is 0.467. The van der Waals surface area contributed by atoms with Crippen LogP contribution in [0.25, 0.3) is 6.08 Å². The first-order valence-electron chi connectivity index (χ1n) is 8.41. The SMILES string of the molecule is N=C1S/C(=C\c2ccccc2OCc2ccc(Cl)cc2Cl)C(=O)N1c1nccs1. The predicted molar refractivity (Wildman–Crippen MR) is 120 cm³/mol. The van der Waals surface area contributed by atoms with Crippen LogP contribution in [0.3, 0.4) is 0 Å². The molecule has 4 rings (SSSR count). The van der Waals surface area contributed by atoms with E-state index in [0.29, 0.717) is 25.8 Å². The standard InChI is InChI=1S/C20H13Cl2N3O2S2/c21-14-6-5-13(15(22)10-14)11-27-16-4-2-1-3-12(16)9-17-18(26)25(19(23)29-17)20-24-7-8-28-20/h1-10,23H,11H2/b17-9-,23-19?. The number of anilines is 1. The number of rotatable bonds is 5. The fourth-order valence-electron chi connectivity index (χ4n) is 2.65. The van der Waals surface area contributed by atoms with Crippen molar-refractivity contribution >= 4 is 68.6 Å². The highest BCUT2D eigenvalue weighted by Gasteiger charge is 2.35. The lowest BCUT2D eigenvalue weighted by atomic mass is 10.1. The summed E-state index contributed by atoms with van der Waals surface area (Å²) in [7, 11) is 0. The normalized spacial score (nSPS) is 15.4. The van der Waals surface area contributed by atoms with Gasteiger partial charge in [-0.25, -0.2) is 9.88 Å². The van der Waals surface area contributed by atoms with E-state index in [0.717, 1.165) is 22.9 Å². The molecule has 0 unspecified atom stereocenters. The van der Waals surface area contributed by atoms with Gasteiger partial charge in [-0.05, 0) is 36.0 Å². The van der Waals surface area contributed by atoms with Crippen LogP contribution in [0.15, 0.2) is 58.9 Å². The monoisotopic (exact) mass is 461 g/mol. The van der Waals surface area contributed by atoms with E-state index >= 15 is 0 Å². The molecular formula is C20H13Cl2N3O2S2. The van der Waals surface area contributed by atoms with E-state index in [4.69, 9.17) is 33.3 Å². The van der Waals surface area contributed by atoms with E-state index in [-0.39, 0.29) is 17.7 Å². The van der Waals surface area contributed by atoms with Crippen molar-refractivity contribution in [2.75, 3.05) is 4.90 Å². The summed E-state index contributed by atoms with van der Waals surface area (Å²) in [5.74, 6) is 0.337. The van der Waals surface area contributed by atoms with Gasteiger partial charge in [0.1, 0.15) is 12.4 Å². The Bertz CT molecular complexity index is 1120. The van der Waals surface area contributed by atoms with Gasteiger partial charge in [0.15, 0.2) is 10.3 Å². The summed E-state index contributed by atoms with van der Waals surface area (Å²) in [5, 5.41) is 11.6. The number of aromatic nitrogens is 1. The molecule has 146 valence electrons. The highest BCUT2D eigenvalue weighted by Crippen LogP contribution is 2.37. The van der Waals surface area contributed by atoms with E-state index in [2.05, 4.69) is 4.98 Å². The van der Waals surface area contributed by atoms with Crippen LogP contribution in [0, 0.1) is 5.41 Å². The number of para-hydroxylation sites is 1. The van der Waals surface area contributed by atoms with Crippen LogP contribution in [-0.4, -0.2) is 16.1 Å². The number of amides is 1. The number of benzene rings is 2. The van der Waals surface area contributed by atoms with Gasteiger partial charge in [-0.15, -0.1) is 11.3 Å². The largest absolute Gasteiger partial charge is 0.488 e. The number of carbonyl (C=O) groups excluding carboxylic acids is 1. The number of halogens is 2. The average molecular weight is 462 g/mol. The topological polar surface area (TPSA) is 66.3 Å². The van der Waals surface area contributed by atoms with Gasteiger partial charge in [0.05, 0.1) is 4.91 Å². The maximum Gasteiger partial charge on any atom is 0.273 e. The maximum atomic E-state index is 12.8. The Balaban J connectivity index is 1.57. The fourth-order valence-corrected chi connectivity index (χ4v) is 4.65. The Morgan fingerprint density at radius 2 is 2.03 bits per heavy atom. The molecular weight excluding hydrogens is 449 g/mol. The molecule has 1 fully saturated rings. The summed E-state index contributed by atoms with van der Waals surface area (Å²) < 4.78 is 5.95. The van der Waals surface area contributed by atoms with Crippen LogP contribution in [-0.2, 0) is 11.4 Å². The second-order valence-corrected chi connectivity index (χ2v) is 8.68. The summed E-state index contributed by atoms with van der Waals surface area (Å²) >= 11 is 14.6. The molecule has 1 N–H and O–H groups in total. The molecule has 0 saturated carbocycles. The molecule has 0 atom stereocenters. The average Bonchev–Trinajstić information content (AvgIpc) is 3.30. The van der Waals surface area contributed by atoms with Gasteiger partial charge >= 0.3 is 0 Å². The lowest BCUT2D eigenvalue weighted by Gasteiger charge is -2.11. The summed E-state index contributed by atoms with van der Waals surface area (Å²) in [6.07, 6.45) is 3.34. The van der Waals surface area contributed by atoms with Crippen LogP contribution in [0.2, 0.25) is 10.0 Å². The fraction of sp³-hybridized carbons (Fsp3) is 0.0500. The third kappa shape index (κ3) is 4.33. The van der Waals surface area contributed by atoms with Gasteiger partial charge in [-0.1, -0.05) is 47.5 Å². The summed E-state index contributed by atoms with van der Waals surface area (Å²) in [6, 6.07) is 12.6. The molecule has 2 aromatic carbocycles. The van der Waals surface area contributed by atoms with Crippen molar-refractivity contribution in [1.29, 1.82) is 5.41 Å². The Labute approximate surface area is 185 Å². The van der Waals surface area contributed by atoms with Crippen molar-refractivity contribution in [3.8, 4) is 5.75 Å². The van der Waals surface area contributed by atoms with Gasteiger partial charge < -0.3 is 4.74 Å². The zero-order valence-corrected chi connectivity index (χ0v) is 17.9. The van der Waals surface area contributed by atoms with Crippen molar-refractivity contribution in [2.45, 2.75) is 6.61 Å². The molecule has 1 aliphatic rings. The number of carbonyl (C=O) groups is 1. The minimum absolute atomic E-state index is 0.127. The maximum absolute atomic E-state index is 12.8. The molecule has 0 radical (unpaired) electrons. The molecule has 0 spiro atoms. The first-order valence-corrected chi connectivity index (χ1v) is 10.9. The number of ether oxygens (including phenoxy) is 1. The van der Waals surface area contributed by atoms with Gasteiger partial charge in [0.2, 0.25) is 0 Å². The van der Waals surface area contributed by atoms with Gasteiger partial charge in [0, 0.05) is 32.7 Å². The third-order valence-electron chi connectivity index (χ3n) is 4.04. The lowest BCUT2D eigenvalue weighted by molar-refractivity contribution is -0.113. The third-order valence-corrected chi connectivity index (χ3v) is 6.27. The summed E-state index contributed by atoms with van der Waals surface area (Å²) in [4.78, 5) is 18.6. The second-order valence-electron chi connectivity index (χ2n) is 5.93. The molecule has 5 nitrogen and oxygen atoms in total. The van der Waals surface area contributed by atoms with E-state index < -0.39 is 0 Å². The number of amidine groups is 1. The molecule has 1 amide bonds. The van der Waals surface area contributed by atoms with Gasteiger partial charge in [0.25, 0.3) is 5.91 Å². The molecule has 9 heteroatoms. The second kappa shape index (κ2) is 8.59. The van der Waals surface area contributed by atoms with Crippen molar-refractivity contribution in [2.24, 2.45) is 0 Å². The molecule has 2 heterocycles. The number of thioether (sulfide) groups is 1. The highest BCUT2D eigenvalue weighted by molar-refractivity contribution is 8.19. The predicted octanol–water partition coefficient (Wildman–Crippen LogP) is 6.08. The summed E-state index contributed by atoms with van der Waals surface area (Å²) in [6.45, 7) is 0.262. The van der Waals surface area contributed by atoms with Crippen LogP contribution in [0.4, 0.5) is 5.13 Å². The van der Waals surface area contributed by atoms with Crippen molar-refractivity contribution < 1.29 is 9.53 Å². The van der Waals surface area contributed by atoms with Crippen LogP contribution in [0.5, 0.6) is 5.75 Å². The van der Waals surface area contributed by atoms with E-state index in [1.54, 1.807) is 29.8 Å². The molecule has 3 aromatic rings. The molecule has 0 aliphatic carbocycles. The number of nitrogens with zero attached hydrogens (tertiary/aromatic N) is 2. The zero-order chi connectivity index (χ0) is 20.4. The van der Waals surface area contributed by atoms with Crippen LogP contribution < -0.4 is 9.64 Å². The zero-order valence-electron chi connectivity index (χ0n) is 14.8. The lowest BCUT2D eigenvalue weighted by Crippen LogP contribution is -2.27. The highest BCUT2D eigenvalue weighted by atomic mass is 35.5. The molecule has 1 saturated heterocycles. The van der Waals surface area contributed by atoms with Gasteiger partial charge in [-0.3, -0.25) is 10.2 Å². The molecule has 0 bridgehead atoms. The Morgan fingerprint density at radius 3 is 2.79 bits per heavy atom. The molecule has 1 aromatic heterocycles. The van der Waals surface area contributed by atoms with E-state index in [1.807, 2.05) is 30.3 Å². The Kier molecular flexibility index (Phi) is 5.91. The minimum Gasteiger partial charge on any atom is -0.488 e. The van der Waals surface area contributed by atoms with Crippen molar-refractivity contribution in [3.63, 3.8) is 0 Å².